The molecule has 1 radical (unpaired) electrons. The van der Waals surface area contributed by atoms with E-state index in [1.54, 1.807) is 6.20 Å². The second-order valence-electron chi connectivity index (χ2n) is 2.02. The van der Waals surface area contributed by atoms with Crippen molar-refractivity contribution >= 4 is 19.4 Å². The van der Waals surface area contributed by atoms with E-state index in [9.17, 15) is 0 Å². The molecule has 11 heavy (non-hydrogen) atoms. The number of nitrogens with zero attached hydrogens (tertiary/aromatic N) is 1. The molecule has 0 N–H and O–H groups in total. The molecule has 1 aromatic rings. The number of allylic oxidation sites excluding steroid dienone is 1. The van der Waals surface area contributed by atoms with Gasteiger partial charge in [0.05, 0.1) is 0 Å². The van der Waals surface area contributed by atoms with E-state index in [0.717, 1.165) is 6.42 Å². The maximum absolute atomic E-state index is 3.99. The van der Waals surface area contributed by atoms with Crippen LogP contribution in [0.3, 0.4) is 0 Å². The summed E-state index contributed by atoms with van der Waals surface area (Å²) in [5.41, 5.74) is 0. The summed E-state index contributed by atoms with van der Waals surface area (Å²) in [6, 6.07) is 4.95. The Hall–Kier alpha value is -0.591. The summed E-state index contributed by atoms with van der Waals surface area (Å²) in [5, 5.41) is 0. The van der Waals surface area contributed by atoms with Crippen molar-refractivity contribution in [3.05, 3.63) is 35.6 Å². The minimum absolute atomic E-state index is 0.445. The topological polar surface area (TPSA) is 12.9 Å². The van der Waals surface area contributed by atoms with E-state index in [1.165, 1.54) is 4.46 Å². The van der Waals surface area contributed by atoms with Crippen LogP contribution < -0.4 is 4.46 Å². The Bertz CT molecular complexity index is 218. The summed E-state index contributed by atoms with van der Waals surface area (Å²) in [6.07, 6.45) is 6.89. The van der Waals surface area contributed by atoms with Crippen molar-refractivity contribution in [2.75, 3.05) is 0 Å². The summed E-state index contributed by atoms with van der Waals surface area (Å²) in [6.45, 7) is 2.14. The molecule has 1 aromatic heterocycles. The summed E-state index contributed by atoms with van der Waals surface area (Å²) in [7, 11) is 0. The molecule has 0 bridgehead atoms. The molecule has 0 aliphatic heterocycles. The second-order valence-corrected chi connectivity index (χ2v) is 4.07. The predicted molar refractivity (Wildman–Crippen MR) is 47.9 cm³/mol. The molecule has 0 saturated carbocycles. The van der Waals surface area contributed by atoms with Crippen LogP contribution in [-0.2, 0) is 0 Å². The standard InChI is InChI=1S/C9H10NSe/c1-2-3-7-11-9-5-4-6-10-8-9/h3,5-8H,2H2,1H3. The van der Waals surface area contributed by atoms with Crippen molar-refractivity contribution in [2.24, 2.45) is 0 Å². The van der Waals surface area contributed by atoms with Gasteiger partial charge in [-0.2, -0.15) is 0 Å². The quantitative estimate of drug-likeness (QED) is 0.683. The first-order chi connectivity index (χ1) is 5.43. The van der Waals surface area contributed by atoms with Gasteiger partial charge in [-0.25, -0.2) is 0 Å². The fourth-order valence-corrected chi connectivity index (χ4v) is 2.07. The van der Waals surface area contributed by atoms with Crippen LogP contribution in [0.5, 0.6) is 0 Å². The van der Waals surface area contributed by atoms with E-state index >= 15 is 0 Å². The van der Waals surface area contributed by atoms with Gasteiger partial charge in [0.2, 0.25) is 0 Å². The molecule has 1 heterocycles. The average molecular weight is 211 g/mol. The molecule has 2 heteroatoms. The molecule has 0 spiro atoms. The number of rotatable bonds is 3. The first kappa shape index (κ1) is 8.51. The molecule has 0 unspecified atom stereocenters. The second kappa shape index (κ2) is 5.11. The zero-order chi connectivity index (χ0) is 7.94. The fraction of sp³-hybridized carbons (Fsp3) is 0.222. The number of pyridine rings is 1. The van der Waals surface area contributed by atoms with Gasteiger partial charge >= 0.3 is 73.3 Å². The number of hydrogen-bond donors (Lipinski definition) is 0. The van der Waals surface area contributed by atoms with Crippen LogP contribution in [0.4, 0.5) is 0 Å². The van der Waals surface area contributed by atoms with Crippen LogP contribution in [0.15, 0.2) is 29.5 Å². The molecule has 1 nitrogen and oxygen atoms in total. The molecule has 0 aromatic carbocycles. The zero-order valence-electron chi connectivity index (χ0n) is 6.45. The summed E-state index contributed by atoms with van der Waals surface area (Å²) < 4.78 is 1.28. The van der Waals surface area contributed by atoms with Crippen LogP contribution in [0.2, 0.25) is 0 Å². The molecular weight excluding hydrogens is 201 g/mol. The first-order valence-electron chi connectivity index (χ1n) is 3.56. The third-order valence-corrected chi connectivity index (χ3v) is 2.84. The van der Waals surface area contributed by atoms with Gasteiger partial charge in [-0.3, -0.25) is 0 Å². The van der Waals surface area contributed by atoms with Gasteiger partial charge in [-0.15, -0.1) is 0 Å². The first-order valence-corrected chi connectivity index (χ1v) is 5.41. The van der Waals surface area contributed by atoms with Crippen molar-refractivity contribution in [1.82, 2.24) is 4.98 Å². The Kier molecular flexibility index (Phi) is 3.95. The molecule has 57 valence electrons. The molecule has 1 rings (SSSR count). The van der Waals surface area contributed by atoms with Gasteiger partial charge < -0.3 is 0 Å². The number of hydrogen-bond acceptors (Lipinski definition) is 1. The third kappa shape index (κ3) is 3.35. The number of aromatic nitrogens is 1. The van der Waals surface area contributed by atoms with Gasteiger partial charge in [-0.1, -0.05) is 0 Å². The van der Waals surface area contributed by atoms with Crippen LogP contribution in [-0.4, -0.2) is 19.9 Å². The normalized spacial score (nSPS) is 10.6. The Balaban J connectivity index is 2.45. The monoisotopic (exact) mass is 212 g/mol. The van der Waals surface area contributed by atoms with Gasteiger partial charge in [0, 0.05) is 0 Å². The Morgan fingerprint density at radius 1 is 1.73 bits per heavy atom. The SMILES string of the molecule is CCC=C[Se]c1c[c]cnc1. The molecule has 0 saturated heterocycles. The Morgan fingerprint density at radius 3 is 3.27 bits per heavy atom. The molecule has 0 atom stereocenters. The fourth-order valence-electron chi connectivity index (χ4n) is 0.598. The van der Waals surface area contributed by atoms with Crippen molar-refractivity contribution in [1.29, 1.82) is 0 Å². The van der Waals surface area contributed by atoms with Gasteiger partial charge in [-0.05, 0) is 0 Å². The van der Waals surface area contributed by atoms with Crippen LogP contribution in [0, 0.1) is 6.07 Å². The van der Waals surface area contributed by atoms with E-state index in [4.69, 9.17) is 0 Å². The van der Waals surface area contributed by atoms with Crippen molar-refractivity contribution in [3.8, 4) is 0 Å². The average Bonchev–Trinajstić information content (AvgIpc) is 2.07. The third-order valence-electron chi connectivity index (χ3n) is 1.11. The zero-order valence-corrected chi connectivity index (χ0v) is 8.16. The van der Waals surface area contributed by atoms with E-state index in [-0.39, 0.29) is 0 Å². The molecular formula is C9H10NSe. The van der Waals surface area contributed by atoms with Crippen LogP contribution >= 0.6 is 0 Å². The molecule has 0 amide bonds. The maximum atomic E-state index is 3.99. The Labute approximate surface area is 73.7 Å². The van der Waals surface area contributed by atoms with E-state index in [1.807, 2.05) is 12.3 Å². The van der Waals surface area contributed by atoms with Crippen LogP contribution in [0.1, 0.15) is 13.3 Å². The molecule has 0 aliphatic carbocycles. The van der Waals surface area contributed by atoms with E-state index < -0.39 is 0 Å². The van der Waals surface area contributed by atoms with Crippen molar-refractivity contribution < 1.29 is 0 Å². The summed E-state index contributed by atoms with van der Waals surface area (Å²) >= 11 is 0.445. The Morgan fingerprint density at radius 2 is 2.64 bits per heavy atom. The van der Waals surface area contributed by atoms with Gasteiger partial charge in [0.15, 0.2) is 0 Å². The molecule has 0 fully saturated rings. The molecule has 0 aliphatic rings. The van der Waals surface area contributed by atoms with Gasteiger partial charge in [0.25, 0.3) is 0 Å². The van der Waals surface area contributed by atoms with E-state index in [2.05, 4.69) is 29.0 Å². The van der Waals surface area contributed by atoms with Crippen LogP contribution in [0.25, 0.3) is 0 Å². The van der Waals surface area contributed by atoms with E-state index in [0.29, 0.717) is 15.0 Å². The van der Waals surface area contributed by atoms with Crippen molar-refractivity contribution in [3.63, 3.8) is 0 Å². The predicted octanol–water partition coefficient (Wildman–Crippen LogP) is 1.13. The summed E-state index contributed by atoms with van der Waals surface area (Å²) in [5.74, 6) is 0. The summed E-state index contributed by atoms with van der Waals surface area (Å²) in [4.78, 5) is 6.21. The van der Waals surface area contributed by atoms with Gasteiger partial charge in [0.1, 0.15) is 0 Å². The minimum atomic E-state index is 0.445. The van der Waals surface area contributed by atoms with Crippen molar-refractivity contribution in [2.45, 2.75) is 13.3 Å².